The number of halogens is 3. The number of rotatable bonds is 7. The predicted octanol–water partition coefficient (Wildman–Crippen LogP) is 1.30. The van der Waals surface area contributed by atoms with Gasteiger partial charge in [0.1, 0.15) is 18.1 Å². The van der Waals surface area contributed by atoms with Crippen molar-refractivity contribution < 1.29 is 28.2 Å². The van der Waals surface area contributed by atoms with E-state index in [9.17, 15) is 28.3 Å². The molecule has 1 heterocycles. The molecule has 182 valence electrons. The van der Waals surface area contributed by atoms with Crippen LogP contribution in [0.15, 0.2) is 35.4 Å². The van der Waals surface area contributed by atoms with Gasteiger partial charge in [-0.25, -0.2) is 13.6 Å². The summed E-state index contributed by atoms with van der Waals surface area (Å²) in [6.45, 7) is -0.764. The standard InChI is InChI=1S/C22H23ClF2N4O5/c23-15-2-1-14(7-16(15)25)34-12-19(32)28-22-5-3-21(4-6-22,8-17(22)30)27-18(31)11-29-10-13(24)9-26-20(29)33/h1-2,7,9-10,17,30H,3-6,8,11-12H2,(H,27,31)(H,28,32)/t17-,21?,22?/m0/s1. The highest BCUT2D eigenvalue weighted by atomic mass is 35.5. The molecule has 0 saturated heterocycles. The van der Waals surface area contributed by atoms with Crippen LogP contribution in [0.25, 0.3) is 0 Å². The first-order valence-electron chi connectivity index (χ1n) is 10.7. The highest BCUT2D eigenvalue weighted by Crippen LogP contribution is 2.47. The number of carbonyl (C=O) groups is 2. The number of benzene rings is 1. The van der Waals surface area contributed by atoms with Gasteiger partial charge in [-0.15, -0.1) is 0 Å². The Labute approximate surface area is 198 Å². The monoisotopic (exact) mass is 496 g/mol. The number of hydrogen-bond acceptors (Lipinski definition) is 6. The summed E-state index contributed by atoms with van der Waals surface area (Å²) in [4.78, 5) is 40.1. The van der Waals surface area contributed by atoms with Gasteiger partial charge in [-0.2, -0.15) is 4.98 Å². The first-order valence-corrected chi connectivity index (χ1v) is 11.1. The second-order valence-corrected chi connectivity index (χ2v) is 9.21. The third kappa shape index (κ3) is 5.05. The smallest absolute Gasteiger partial charge is 0.348 e. The third-order valence-corrected chi connectivity index (χ3v) is 6.82. The molecule has 34 heavy (non-hydrogen) atoms. The van der Waals surface area contributed by atoms with Crippen molar-refractivity contribution in [2.75, 3.05) is 6.61 Å². The Bertz CT molecular complexity index is 1170. The van der Waals surface area contributed by atoms with E-state index in [0.29, 0.717) is 25.7 Å². The predicted molar refractivity (Wildman–Crippen MR) is 116 cm³/mol. The Morgan fingerprint density at radius 2 is 1.94 bits per heavy atom. The molecular formula is C22H23ClF2N4O5. The normalized spacial score (nSPS) is 25.6. The fraction of sp³-hybridized carbons (Fsp3) is 0.455. The van der Waals surface area contributed by atoms with Crippen LogP contribution in [0.4, 0.5) is 8.78 Å². The molecular weight excluding hydrogens is 474 g/mol. The SMILES string of the molecule is O=C(Cn1cc(F)cnc1=O)NC12CCC(NC(=O)COc3ccc(Cl)c(F)c3)(CC1)[C@@H](O)C2. The van der Waals surface area contributed by atoms with Crippen molar-refractivity contribution in [3.05, 3.63) is 57.7 Å². The molecule has 5 rings (SSSR count). The van der Waals surface area contributed by atoms with Gasteiger partial charge in [0.05, 0.1) is 22.9 Å². The fourth-order valence-corrected chi connectivity index (χ4v) is 4.84. The van der Waals surface area contributed by atoms with E-state index in [0.717, 1.165) is 23.0 Å². The lowest BCUT2D eigenvalue weighted by molar-refractivity contribution is -0.136. The van der Waals surface area contributed by atoms with Crippen LogP contribution in [0.3, 0.4) is 0 Å². The number of nitrogens with zero attached hydrogens (tertiary/aromatic N) is 2. The minimum absolute atomic E-state index is 0.0570. The Morgan fingerprint density at radius 3 is 2.62 bits per heavy atom. The van der Waals surface area contributed by atoms with Gasteiger partial charge in [-0.05, 0) is 44.2 Å². The number of fused-ring (bicyclic) bond motifs is 3. The van der Waals surface area contributed by atoms with Gasteiger partial charge < -0.3 is 20.5 Å². The lowest BCUT2D eigenvalue weighted by atomic mass is 9.60. The molecule has 9 nitrogen and oxygen atoms in total. The topological polar surface area (TPSA) is 123 Å². The molecule has 1 aromatic carbocycles. The maximum absolute atomic E-state index is 13.5. The van der Waals surface area contributed by atoms with Crippen molar-refractivity contribution in [3.8, 4) is 5.75 Å². The molecule has 2 bridgehead atoms. The van der Waals surface area contributed by atoms with Crippen LogP contribution < -0.4 is 21.1 Å². The molecule has 0 unspecified atom stereocenters. The zero-order valence-electron chi connectivity index (χ0n) is 18.0. The van der Waals surface area contributed by atoms with Crippen molar-refractivity contribution in [1.29, 1.82) is 0 Å². The minimum atomic E-state index is -0.925. The van der Waals surface area contributed by atoms with Crippen molar-refractivity contribution in [2.45, 2.75) is 55.8 Å². The molecule has 2 amide bonds. The van der Waals surface area contributed by atoms with Gasteiger partial charge in [-0.1, -0.05) is 11.6 Å². The molecule has 3 fully saturated rings. The Kier molecular flexibility index (Phi) is 6.59. The second kappa shape index (κ2) is 9.30. The van der Waals surface area contributed by atoms with E-state index in [2.05, 4.69) is 15.6 Å². The van der Waals surface area contributed by atoms with E-state index >= 15 is 0 Å². The molecule has 3 saturated carbocycles. The maximum atomic E-state index is 13.5. The van der Waals surface area contributed by atoms with Gasteiger partial charge in [0.15, 0.2) is 12.4 Å². The Morgan fingerprint density at radius 1 is 1.21 bits per heavy atom. The molecule has 0 radical (unpaired) electrons. The fourth-order valence-electron chi connectivity index (χ4n) is 4.72. The van der Waals surface area contributed by atoms with E-state index in [1.165, 1.54) is 12.1 Å². The number of aliphatic hydroxyl groups excluding tert-OH is 1. The summed E-state index contributed by atoms with van der Waals surface area (Å²) in [5, 5.41) is 16.5. The van der Waals surface area contributed by atoms with Crippen LogP contribution in [0, 0.1) is 11.6 Å². The quantitative estimate of drug-likeness (QED) is 0.531. The summed E-state index contributed by atoms with van der Waals surface area (Å²) in [7, 11) is 0. The van der Waals surface area contributed by atoms with Gasteiger partial charge in [-0.3, -0.25) is 14.2 Å². The van der Waals surface area contributed by atoms with Crippen LogP contribution in [-0.4, -0.2) is 50.3 Å². The molecule has 2 aromatic rings. The van der Waals surface area contributed by atoms with Crippen molar-refractivity contribution in [2.24, 2.45) is 0 Å². The van der Waals surface area contributed by atoms with Gasteiger partial charge in [0.2, 0.25) is 5.91 Å². The van der Waals surface area contributed by atoms with Crippen LogP contribution in [0.1, 0.15) is 32.1 Å². The summed E-state index contributed by atoms with van der Waals surface area (Å²) in [6.07, 6.45) is 2.79. The lowest BCUT2D eigenvalue weighted by Crippen LogP contribution is -2.70. The van der Waals surface area contributed by atoms with Gasteiger partial charge in [0.25, 0.3) is 5.91 Å². The van der Waals surface area contributed by atoms with E-state index in [1.807, 2.05) is 0 Å². The summed E-state index contributed by atoms with van der Waals surface area (Å²) in [6, 6.07) is 3.84. The molecule has 3 aliphatic rings. The first kappa shape index (κ1) is 24.1. The highest BCUT2D eigenvalue weighted by molar-refractivity contribution is 6.30. The van der Waals surface area contributed by atoms with E-state index in [4.69, 9.17) is 16.3 Å². The number of aromatic nitrogens is 2. The third-order valence-electron chi connectivity index (χ3n) is 6.51. The van der Waals surface area contributed by atoms with E-state index in [-0.39, 0.29) is 23.8 Å². The number of nitrogens with one attached hydrogen (secondary N) is 2. The molecule has 0 spiro atoms. The summed E-state index contributed by atoms with van der Waals surface area (Å²) < 4.78 is 33.1. The zero-order valence-corrected chi connectivity index (χ0v) is 18.8. The molecule has 12 heteroatoms. The lowest BCUT2D eigenvalue weighted by Gasteiger charge is -2.56. The molecule has 1 aromatic heterocycles. The number of hydrogen-bond donors (Lipinski definition) is 3. The summed E-state index contributed by atoms with van der Waals surface area (Å²) in [5.74, 6) is -2.21. The number of aliphatic hydroxyl groups is 1. The van der Waals surface area contributed by atoms with Crippen LogP contribution in [-0.2, 0) is 16.1 Å². The molecule has 3 aliphatic carbocycles. The minimum Gasteiger partial charge on any atom is -0.484 e. The maximum Gasteiger partial charge on any atom is 0.348 e. The number of ether oxygens (including phenoxy) is 1. The van der Waals surface area contributed by atoms with E-state index < -0.39 is 52.9 Å². The molecule has 1 atom stereocenters. The average molecular weight is 497 g/mol. The summed E-state index contributed by atoms with van der Waals surface area (Å²) >= 11 is 5.63. The highest BCUT2D eigenvalue weighted by Gasteiger charge is 2.55. The molecule has 3 N–H and O–H groups in total. The summed E-state index contributed by atoms with van der Waals surface area (Å²) in [5.41, 5.74) is -2.29. The van der Waals surface area contributed by atoms with Gasteiger partial charge in [0, 0.05) is 17.8 Å². The average Bonchev–Trinajstić information content (AvgIpc) is 2.78. The van der Waals surface area contributed by atoms with Crippen molar-refractivity contribution >= 4 is 23.4 Å². The van der Waals surface area contributed by atoms with Crippen molar-refractivity contribution in [3.63, 3.8) is 0 Å². The first-order chi connectivity index (χ1) is 16.1. The zero-order chi connectivity index (χ0) is 24.5. The number of amides is 2. The van der Waals surface area contributed by atoms with Crippen LogP contribution in [0.2, 0.25) is 5.02 Å². The second-order valence-electron chi connectivity index (χ2n) is 8.80. The largest absolute Gasteiger partial charge is 0.484 e. The van der Waals surface area contributed by atoms with Crippen LogP contribution >= 0.6 is 11.6 Å². The van der Waals surface area contributed by atoms with Crippen molar-refractivity contribution in [1.82, 2.24) is 20.2 Å². The number of carbonyl (C=O) groups excluding carboxylic acids is 2. The van der Waals surface area contributed by atoms with Crippen LogP contribution in [0.5, 0.6) is 5.75 Å². The Hall–Kier alpha value is -3.05. The molecule has 0 aliphatic heterocycles. The Balaban J connectivity index is 1.33. The van der Waals surface area contributed by atoms with E-state index in [1.54, 1.807) is 0 Å². The van der Waals surface area contributed by atoms with Gasteiger partial charge >= 0.3 is 5.69 Å².